The molecule has 1 atom stereocenters. The van der Waals surface area contributed by atoms with Crippen LogP contribution in [0.5, 0.6) is 0 Å². The zero-order valence-electron chi connectivity index (χ0n) is 16.8. The second-order valence-corrected chi connectivity index (χ2v) is 7.87. The van der Waals surface area contributed by atoms with Gasteiger partial charge < -0.3 is 15.5 Å². The van der Waals surface area contributed by atoms with Crippen molar-refractivity contribution in [1.29, 1.82) is 0 Å². The van der Waals surface area contributed by atoms with Gasteiger partial charge in [0.25, 0.3) is 5.91 Å². The van der Waals surface area contributed by atoms with E-state index in [0.717, 1.165) is 18.4 Å². The number of anilines is 2. The van der Waals surface area contributed by atoms with Gasteiger partial charge in [-0.15, -0.1) is 0 Å². The first-order valence-electron chi connectivity index (χ1n) is 9.89. The maximum atomic E-state index is 14.2. The largest absolute Gasteiger partial charge is 0.381 e. The number of carbonyl (C=O) groups excluding carboxylic acids is 1. The summed E-state index contributed by atoms with van der Waals surface area (Å²) in [4.78, 5) is 26.2. The van der Waals surface area contributed by atoms with Crippen molar-refractivity contribution in [3.8, 4) is 11.3 Å². The maximum absolute atomic E-state index is 14.2. The number of nitrogen functional groups attached to an aromatic ring is 1. The van der Waals surface area contributed by atoms with Crippen molar-refractivity contribution < 1.29 is 9.18 Å². The molecule has 1 saturated heterocycles. The minimum atomic E-state index is -0.372. The Morgan fingerprint density at radius 1 is 1.23 bits per heavy atom. The van der Waals surface area contributed by atoms with Crippen molar-refractivity contribution in [1.82, 2.24) is 24.6 Å². The molecule has 9 heteroatoms. The van der Waals surface area contributed by atoms with E-state index in [4.69, 9.17) is 10.7 Å². The zero-order chi connectivity index (χ0) is 21.0. The molecule has 2 aliphatic rings. The van der Waals surface area contributed by atoms with E-state index in [-0.39, 0.29) is 17.8 Å². The van der Waals surface area contributed by atoms with E-state index < -0.39 is 0 Å². The summed E-state index contributed by atoms with van der Waals surface area (Å²) in [6.45, 7) is 0.995. The molecule has 3 aromatic rings. The van der Waals surface area contributed by atoms with Gasteiger partial charge in [-0.05, 0) is 36.6 Å². The Balaban J connectivity index is 1.77. The van der Waals surface area contributed by atoms with Crippen molar-refractivity contribution in [3.05, 3.63) is 53.2 Å². The van der Waals surface area contributed by atoms with E-state index in [1.807, 2.05) is 18.1 Å². The van der Waals surface area contributed by atoms with Gasteiger partial charge in [0, 0.05) is 38.0 Å². The Kier molecular flexibility index (Phi) is 4.19. The highest BCUT2D eigenvalue weighted by Gasteiger charge is 2.33. The van der Waals surface area contributed by atoms with Crippen LogP contribution in [0, 0.1) is 5.82 Å². The number of nitrogens with two attached hydrogens (primary N) is 1. The Morgan fingerprint density at radius 2 is 2.07 bits per heavy atom. The van der Waals surface area contributed by atoms with E-state index in [9.17, 15) is 9.18 Å². The van der Waals surface area contributed by atoms with Gasteiger partial charge in [-0.2, -0.15) is 5.10 Å². The molecule has 8 nitrogen and oxygen atoms in total. The molecule has 2 aromatic heterocycles. The lowest BCUT2D eigenvalue weighted by molar-refractivity contribution is 0.0781. The fraction of sp³-hybridized carbons (Fsp3) is 0.333. The monoisotopic (exact) mass is 407 g/mol. The molecule has 1 aromatic carbocycles. The molecule has 154 valence electrons. The molecule has 0 radical (unpaired) electrons. The lowest BCUT2D eigenvalue weighted by Gasteiger charge is -2.29. The van der Waals surface area contributed by atoms with Gasteiger partial charge in [-0.1, -0.05) is 0 Å². The van der Waals surface area contributed by atoms with Crippen molar-refractivity contribution in [2.45, 2.75) is 25.4 Å². The van der Waals surface area contributed by atoms with Gasteiger partial charge in [-0.25, -0.2) is 14.4 Å². The van der Waals surface area contributed by atoms with Crippen LogP contribution >= 0.6 is 0 Å². The minimum absolute atomic E-state index is 0.170. The highest BCUT2D eigenvalue weighted by Crippen LogP contribution is 2.40. The summed E-state index contributed by atoms with van der Waals surface area (Å²) in [5.74, 6) is 0.329. The highest BCUT2D eigenvalue weighted by molar-refractivity contribution is 5.96. The third kappa shape index (κ3) is 2.89. The molecule has 2 bridgehead atoms. The summed E-state index contributed by atoms with van der Waals surface area (Å²) in [6.07, 6.45) is 5.16. The first-order chi connectivity index (χ1) is 14.4. The van der Waals surface area contributed by atoms with Crippen LogP contribution in [0.2, 0.25) is 0 Å². The molecule has 0 aliphatic carbocycles. The van der Waals surface area contributed by atoms with Crippen molar-refractivity contribution in [3.63, 3.8) is 0 Å². The molecule has 1 amide bonds. The maximum Gasteiger partial charge on any atom is 0.254 e. The summed E-state index contributed by atoms with van der Waals surface area (Å²) in [5.41, 5.74) is 9.51. The van der Waals surface area contributed by atoms with E-state index in [1.165, 1.54) is 12.1 Å². The molecule has 1 fully saturated rings. The highest BCUT2D eigenvalue weighted by atomic mass is 19.1. The van der Waals surface area contributed by atoms with E-state index >= 15 is 0 Å². The Hall–Kier alpha value is -3.49. The quantitative estimate of drug-likeness (QED) is 0.616. The predicted molar refractivity (Wildman–Crippen MR) is 110 cm³/mol. The molecule has 30 heavy (non-hydrogen) atoms. The second kappa shape index (κ2) is 6.79. The van der Waals surface area contributed by atoms with Gasteiger partial charge in [0.15, 0.2) is 11.6 Å². The first kappa shape index (κ1) is 18.5. The summed E-state index contributed by atoms with van der Waals surface area (Å²) in [7, 11) is 3.55. The SMILES string of the molecule is CN1Cc2nn(C)cc2-c2cnc(N)c(n2)N2CCC[C@@H]2c2cc(F)ccc2C1=O. The smallest absolute Gasteiger partial charge is 0.254 e. The van der Waals surface area contributed by atoms with Gasteiger partial charge in [0.05, 0.1) is 30.2 Å². The van der Waals surface area contributed by atoms with Gasteiger partial charge in [0.1, 0.15) is 5.82 Å². The molecule has 2 N–H and O–H groups in total. The van der Waals surface area contributed by atoms with Crippen LogP contribution in [0.25, 0.3) is 11.3 Å². The predicted octanol–water partition coefficient (Wildman–Crippen LogP) is 2.53. The van der Waals surface area contributed by atoms with Crippen LogP contribution in [0.15, 0.2) is 30.6 Å². The molecule has 4 heterocycles. The molecular weight excluding hydrogens is 385 g/mol. The standard InChI is InChI=1S/C21H22FN7O/c1-27-11-17-15(10-28(2)26-17)16-9-24-19(23)20(25-16)29-7-3-4-18(29)14-8-12(22)5-6-13(14)21(27)30/h5-6,8-10,18H,3-4,7,11H2,1-2H3,(H2,23,24)/t18-/m1/s1. The fourth-order valence-corrected chi connectivity index (χ4v) is 4.44. The number of carbonyl (C=O) groups is 1. The number of fused-ring (bicyclic) bond motifs is 8. The first-order valence-corrected chi connectivity index (χ1v) is 9.89. The van der Waals surface area contributed by atoms with Gasteiger partial charge in [-0.3, -0.25) is 9.48 Å². The molecule has 0 saturated carbocycles. The third-order valence-electron chi connectivity index (χ3n) is 5.82. The number of rotatable bonds is 0. The summed E-state index contributed by atoms with van der Waals surface area (Å²) in [5, 5.41) is 4.53. The average molecular weight is 407 g/mol. The van der Waals surface area contributed by atoms with Crippen LogP contribution in [0.3, 0.4) is 0 Å². The fourth-order valence-electron chi connectivity index (χ4n) is 4.44. The minimum Gasteiger partial charge on any atom is -0.381 e. The van der Waals surface area contributed by atoms with Crippen molar-refractivity contribution >= 4 is 17.5 Å². The van der Waals surface area contributed by atoms with Gasteiger partial charge >= 0.3 is 0 Å². The number of aryl methyl sites for hydroxylation is 1. The average Bonchev–Trinajstić information content (AvgIpc) is 3.34. The van der Waals surface area contributed by atoms with E-state index in [0.29, 0.717) is 47.2 Å². The van der Waals surface area contributed by atoms with Crippen molar-refractivity contribution in [2.24, 2.45) is 7.05 Å². The van der Waals surface area contributed by atoms with Crippen LogP contribution in [-0.4, -0.2) is 44.1 Å². The molecular formula is C21H22FN7O. The number of aromatic nitrogens is 4. The summed E-state index contributed by atoms with van der Waals surface area (Å²) < 4.78 is 15.9. The number of amides is 1. The molecule has 2 aliphatic heterocycles. The Labute approximate surface area is 173 Å². The normalized spacial score (nSPS) is 18.4. The lowest BCUT2D eigenvalue weighted by Crippen LogP contribution is -2.31. The number of nitrogens with zero attached hydrogens (tertiary/aromatic N) is 6. The third-order valence-corrected chi connectivity index (χ3v) is 5.82. The Morgan fingerprint density at radius 3 is 2.90 bits per heavy atom. The van der Waals surface area contributed by atoms with Crippen molar-refractivity contribution in [2.75, 3.05) is 24.2 Å². The molecule has 0 unspecified atom stereocenters. The number of halogens is 1. The van der Waals surface area contributed by atoms with Crippen LogP contribution < -0.4 is 10.6 Å². The molecule has 0 spiro atoms. The molecule has 5 rings (SSSR count). The zero-order valence-corrected chi connectivity index (χ0v) is 16.8. The van der Waals surface area contributed by atoms with Gasteiger partial charge in [0.2, 0.25) is 0 Å². The van der Waals surface area contributed by atoms with E-state index in [1.54, 1.807) is 28.9 Å². The number of hydrogen-bond acceptors (Lipinski definition) is 6. The summed E-state index contributed by atoms with van der Waals surface area (Å²) in [6, 6.07) is 4.15. The van der Waals surface area contributed by atoms with E-state index in [2.05, 4.69) is 10.1 Å². The topological polar surface area (TPSA) is 93.2 Å². The number of hydrogen-bond donors (Lipinski definition) is 1. The second-order valence-electron chi connectivity index (χ2n) is 7.87. The summed E-state index contributed by atoms with van der Waals surface area (Å²) >= 11 is 0. The van der Waals surface area contributed by atoms with Crippen LogP contribution in [-0.2, 0) is 13.6 Å². The van der Waals surface area contributed by atoms with Crippen LogP contribution in [0.4, 0.5) is 16.0 Å². The van der Waals surface area contributed by atoms with Crippen LogP contribution in [0.1, 0.15) is 40.5 Å². The lowest BCUT2D eigenvalue weighted by atomic mass is 9.97. The number of benzene rings is 1. The Bertz CT molecular complexity index is 1160.